The maximum Gasteiger partial charge on any atom is 0.435 e. The molecule has 124 valence electrons. The lowest BCUT2D eigenvalue weighted by Crippen LogP contribution is -2.27. The van der Waals surface area contributed by atoms with E-state index >= 15 is 0 Å². The summed E-state index contributed by atoms with van der Waals surface area (Å²) in [7, 11) is 0. The molecule has 2 aromatic heterocycles. The van der Waals surface area contributed by atoms with Crippen molar-refractivity contribution in [1.82, 2.24) is 14.8 Å². The van der Waals surface area contributed by atoms with Crippen LogP contribution in [0.25, 0.3) is 22.2 Å². The number of rotatable bonds is 1. The zero-order chi connectivity index (χ0) is 17.5. The van der Waals surface area contributed by atoms with E-state index in [0.717, 1.165) is 10.9 Å². The SMILES string of the molecule is CC(C)(C)OC(=O)n1nc(Br)c2cc(-c3ncccc3Cl)ccc21. The lowest BCUT2D eigenvalue weighted by Gasteiger charge is -2.19. The number of hydrogen-bond acceptors (Lipinski definition) is 4. The molecule has 24 heavy (non-hydrogen) atoms. The van der Waals surface area contributed by atoms with Gasteiger partial charge in [0.05, 0.1) is 16.2 Å². The van der Waals surface area contributed by atoms with Gasteiger partial charge in [-0.05, 0) is 61.0 Å². The van der Waals surface area contributed by atoms with Gasteiger partial charge >= 0.3 is 6.09 Å². The first-order valence-corrected chi connectivity index (χ1v) is 8.46. The van der Waals surface area contributed by atoms with Crippen molar-refractivity contribution < 1.29 is 9.53 Å². The smallest absolute Gasteiger partial charge is 0.435 e. The highest BCUT2D eigenvalue weighted by molar-refractivity contribution is 9.10. The second-order valence-electron chi connectivity index (χ2n) is 6.25. The Kier molecular flexibility index (Phi) is 4.36. The third-order valence-electron chi connectivity index (χ3n) is 3.23. The molecule has 0 N–H and O–H groups in total. The molecule has 0 spiro atoms. The fraction of sp³-hybridized carbons (Fsp3) is 0.235. The second kappa shape index (κ2) is 6.18. The molecule has 0 amide bonds. The summed E-state index contributed by atoms with van der Waals surface area (Å²) < 4.78 is 7.18. The predicted octanol–water partition coefficient (Wildman–Crippen LogP) is 5.30. The largest absolute Gasteiger partial charge is 0.442 e. The molecule has 3 rings (SSSR count). The Morgan fingerprint density at radius 2 is 2.04 bits per heavy atom. The van der Waals surface area contributed by atoms with E-state index in [2.05, 4.69) is 26.0 Å². The van der Waals surface area contributed by atoms with E-state index < -0.39 is 11.7 Å². The number of halogens is 2. The Bertz CT molecular complexity index is 931. The van der Waals surface area contributed by atoms with E-state index in [-0.39, 0.29) is 0 Å². The van der Waals surface area contributed by atoms with Gasteiger partial charge in [0.1, 0.15) is 10.2 Å². The van der Waals surface area contributed by atoms with Gasteiger partial charge in [-0.25, -0.2) is 4.79 Å². The summed E-state index contributed by atoms with van der Waals surface area (Å²) >= 11 is 9.61. The highest BCUT2D eigenvalue weighted by atomic mass is 79.9. The Hall–Kier alpha value is -1.92. The summed E-state index contributed by atoms with van der Waals surface area (Å²) in [6.45, 7) is 5.44. The normalized spacial score (nSPS) is 11.7. The minimum Gasteiger partial charge on any atom is -0.442 e. The topological polar surface area (TPSA) is 57.0 Å². The number of benzene rings is 1. The zero-order valence-corrected chi connectivity index (χ0v) is 15.7. The van der Waals surface area contributed by atoms with Gasteiger partial charge in [-0.2, -0.15) is 9.78 Å². The summed E-state index contributed by atoms with van der Waals surface area (Å²) in [4.78, 5) is 16.6. The molecule has 5 nitrogen and oxygen atoms in total. The van der Waals surface area contributed by atoms with Crippen LogP contribution in [0.2, 0.25) is 5.02 Å². The summed E-state index contributed by atoms with van der Waals surface area (Å²) in [6.07, 6.45) is 1.16. The van der Waals surface area contributed by atoms with Crippen LogP contribution in [0.4, 0.5) is 4.79 Å². The number of ether oxygens (including phenoxy) is 1. The maximum atomic E-state index is 12.3. The Balaban J connectivity index is 2.08. The van der Waals surface area contributed by atoms with Crippen molar-refractivity contribution in [2.24, 2.45) is 0 Å². The van der Waals surface area contributed by atoms with Gasteiger partial charge in [-0.1, -0.05) is 17.7 Å². The van der Waals surface area contributed by atoms with Gasteiger partial charge in [-0.15, -0.1) is 0 Å². The number of fused-ring (bicyclic) bond motifs is 1. The quantitative estimate of drug-likeness (QED) is 0.548. The molecule has 0 aliphatic heterocycles. The van der Waals surface area contributed by atoms with Crippen LogP contribution in [-0.2, 0) is 4.74 Å². The maximum absolute atomic E-state index is 12.3. The molecule has 2 heterocycles. The highest BCUT2D eigenvalue weighted by Gasteiger charge is 2.22. The van der Waals surface area contributed by atoms with Crippen molar-refractivity contribution >= 4 is 44.5 Å². The number of carbonyl (C=O) groups excluding carboxylic acids is 1. The van der Waals surface area contributed by atoms with Crippen molar-refractivity contribution in [2.75, 3.05) is 0 Å². The zero-order valence-electron chi connectivity index (χ0n) is 13.4. The standard InChI is InChI=1S/C17H15BrClN3O2/c1-17(2,3)24-16(23)22-13-7-6-10(9-11(13)15(18)21-22)14-12(19)5-4-8-20-14/h4-9H,1-3H3. The van der Waals surface area contributed by atoms with Crippen LogP contribution in [0, 0.1) is 0 Å². The first-order valence-electron chi connectivity index (χ1n) is 7.29. The number of carbonyl (C=O) groups is 1. The minimum absolute atomic E-state index is 0.526. The average molecular weight is 409 g/mol. The molecule has 7 heteroatoms. The van der Waals surface area contributed by atoms with Gasteiger partial charge in [0.15, 0.2) is 0 Å². The van der Waals surface area contributed by atoms with Crippen molar-refractivity contribution in [1.29, 1.82) is 0 Å². The summed E-state index contributed by atoms with van der Waals surface area (Å²) in [5.41, 5.74) is 1.57. The van der Waals surface area contributed by atoms with Gasteiger partial charge < -0.3 is 4.74 Å². The van der Waals surface area contributed by atoms with E-state index in [9.17, 15) is 4.79 Å². The Morgan fingerprint density at radius 3 is 2.71 bits per heavy atom. The van der Waals surface area contributed by atoms with Gasteiger partial charge in [0.25, 0.3) is 0 Å². The molecule has 0 atom stereocenters. The third kappa shape index (κ3) is 3.30. The van der Waals surface area contributed by atoms with Crippen LogP contribution >= 0.6 is 27.5 Å². The van der Waals surface area contributed by atoms with E-state index in [0.29, 0.717) is 20.8 Å². The molecule has 0 saturated carbocycles. The highest BCUT2D eigenvalue weighted by Crippen LogP contribution is 2.31. The van der Waals surface area contributed by atoms with Gasteiger partial charge in [0, 0.05) is 17.1 Å². The monoisotopic (exact) mass is 407 g/mol. The predicted molar refractivity (Wildman–Crippen MR) is 97.3 cm³/mol. The molecule has 0 aliphatic rings. The molecule has 0 aliphatic carbocycles. The van der Waals surface area contributed by atoms with Crippen molar-refractivity contribution in [3.8, 4) is 11.3 Å². The fourth-order valence-electron chi connectivity index (χ4n) is 2.27. The van der Waals surface area contributed by atoms with Crippen LogP contribution in [0.5, 0.6) is 0 Å². The summed E-state index contributed by atoms with van der Waals surface area (Å²) in [5, 5.41) is 5.58. The molecule has 0 unspecified atom stereocenters. The molecule has 3 aromatic rings. The van der Waals surface area contributed by atoms with Crippen LogP contribution in [0.3, 0.4) is 0 Å². The van der Waals surface area contributed by atoms with Gasteiger partial charge in [0.2, 0.25) is 0 Å². The number of pyridine rings is 1. The van der Waals surface area contributed by atoms with E-state index in [1.54, 1.807) is 24.4 Å². The van der Waals surface area contributed by atoms with Crippen molar-refractivity contribution in [3.05, 3.63) is 46.2 Å². The van der Waals surface area contributed by atoms with Gasteiger partial charge in [-0.3, -0.25) is 4.98 Å². The lowest BCUT2D eigenvalue weighted by atomic mass is 10.1. The minimum atomic E-state index is -0.594. The number of nitrogens with zero attached hydrogens (tertiary/aromatic N) is 3. The van der Waals surface area contributed by atoms with E-state index in [4.69, 9.17) is 16.3 Å². The molecule has 0 radical (unpaired) electrons. The Labute approximate surface area is 152 Å². The van der Waals surface area contributed by atoms with Crippen LogP contribution in [0.15, 0.2) is 41.1 Å². The molecule has 0 saturated heterocycles. The average Bonchev–Trinajstić information content (AvgIpc) is 2.83. The number of hydrogen-bond donors (Lipinski definition) is 0. The molecular formula is C17H15BrClN3O2. The summed E-state index contributed by atoms with van der Waals surface area (Å²) in [6, 6.07) is 9.11. The number of aromatic nitrogens is 3. The summed E-state index contributed by atoms with van der Waals surface area (Å²) in [5.74, 6) is 0. The molecule has 1 aromatic carbocycles. The van der Waals surface area contributed by atoms with E-state index in [1.165, 1.54) is 4.68 Å². The first kappa shape index (κ1) is 16.9. The first-order chi connectivity index (χ1) is 11.3. The molecular weight excluding hydrogens is 394 g/mol. The third-order valence-corrected chi connectivity index (χ3v) is 4.12. The van der Waals surface area contributed by atoms with Crippen LogP contribution in [0.1, 0.15) is 20.8 Å². The second-order valence-corrected chi connectivity index (χ2v) is 7.41. The van der Waals surface area contributed by atoms with Crippen LogP contribution in [-0.4, -0.2) is 26.5 Å². The lowest BCUT2D eigenvalue weighted by molar-refractivity contribution is 0.0522. The van der Waals surface area contributed by atoms with Crippen LogP contribution < -0.4 is 0 Å². The van der Waals surface area contributed by atoms with Crippen molar-refractivity contribution in [2.45, 2.75) is 26.4 Å². The van der Waals surface area contributed by atoms with Crippen molar-refractivity contribution in [3.63, 3.8) is 0 Å². The Morgan fingerprint density at radius 1 is 1.29 bits per heavy atom. The fourth-order valence-corrected chi connectivity index (χ4v) is 2.98. The molecule has 0 fully saturated rings. The molecule has 0 bridgehead atoms. The van der Waals surface area contributed by atoms with E-state index in [1.807, 2.05) is 32.9 Å².